The fourth-order valence-corrected chi connectivity index (χ4v) is 3.38. The highest BCUT2D eigenvalue weighted by Crippen LogP contribution is 2.32. The lowest BCUT2D eigenvalue weighted by Crippen LogP contribution is -2.32. The quantitative estimate of drug-likeness (QED) is 0.570. The van der Waals surface area contributed by atoms with Crippen LogP contribution in [-0.4, -0.2) is 59.4 Å². The maximum absolute atomic E-state index is 13.1. The van der Waals surface area contributed by atoms with Crippen molar-refractivity contribution < 1.29 is 4.79 Å². The Balaban J connectivity index is 2.01. The summed E-state index contributed by atoms with van der Waals surface area (Å²) in [4.78, 5) is 24.4. The Hall–Kier alpha value is -3.19. The van der Waals surface area contributed by atoms with Crippen molar-refractivity contribution in [3.63, 3.8) is 0 Å². The highest BCUT2D eigenvalue weighted by molar-refractivity contribution is 6.13. The molecule has 3 heterocycles. The number of para-hydroxylation sites is 2. The van der Waals surface area contributed by atoms with E-state index in [1.807, 2.05) is 66.8 Å². The van der Waals surface area contributed by atoms with Crippen LogP contribution in [0.4, 0.5) is 5.69 Å². The van der Waals surface area contributed by atoms with Crippen LogP contribution >= 0.6 is 0 Å². The first kappa shape index (κ1) is 17.2. The number of pyridine rings is 2. The molecule has 0 aliphatic rings. The van der Waals surface area contributed by atoms with Gasteiger partial charge in [-0.1, -0.05) is 12.1 Å². The molecule has 3 aromatic heterocycles. The number of rotatable bonds is 5. The highest BCUT2D eigenvalue weighted by Gasteiger charge is 2.23. The predicted molar refractivity (Wildman–Crippen MR) is 108 cm³/mol. The van der Waals surface area contributed by atoms with Crippen molar-refractivity contribution in [1.29, 1.82) is 0 Å². The maximum atomic E-state index is 13.1. The highest BCUT2D eigenvalue weighted by atomic mass is 16.1. The van der Waals surface area contributed by atoms with Crippen LogP contribution in [-0.2, 0) is 0 Å². The van der Waals surface area contributed by atoms with Gasteiger partial charge in [0, 0.05) is 31.7 Å². The third-order valence-electron chi connectivity index (χ3n) is 4.62. The Kier molecular flexibility index (Phi) is 4.37. The number of fused-ring (bicyclic) bond motifs is 5. The number of benzene rings is 1. The summed E-state index contributed by atoms with van der Waals surface area (Å²) in [6, 6.07) is 11.7. The van der Waals surface area contributed by atoms with Crippen molar-refractivity contribution in [2.24, 2.45) is 0 Å². The van der Waals surface area contributed by atoms with Gasteiger partial charge in [-0.05, 0) is 38.4 Å². The molecule has 0 aliphatic heterocycles. The van der Waals surface area contributed by atoms with Gasteiger partial charge < -0.3 is 15.5 Å². The van der Waals surface area contributed by atoms with Gasteiger partial charge in [-0.2, -0.15) is 0 Å². The summed E-state index contributed by atoms with van der Waals surface area (Å²) in [6.45, 7) is 1.33. The molecule has 0 fully saturated rings. The van der Waals surface area contributed by atoms with Crippen LogP contribution < -0.4 is 10.6 Å². The Morgan fingerprint density at radius 1 is 1.15 bits per heavy atom. The van der Waals surface area contributed by atoms with E-state index in [4.69, 9.17) is 4.98 Å². The lowest BCUT2D eigenvalue weighted by molar-refractivity contribution is 0.0953. The molecule has 0 spiro atoms. The van der Waals surface area contributed by atoms with Gasteiger partial charge in [-0.25, -0.2) is 9.97 Å². The molecule has 27 heavy (non-hydrogen) atoms. The number of hydrogen-bond acceptors (Lipinski definition) is 5. The van der Waals surface area contributed by atoms with E-state index in [1.165, 1.54) is 0 Å². The number of carbonyl (C=O) groups excluding carboxylic acids is 1. The maximum Gasteiger partial charge on any atom is 0.257 e. The van der Waals surface area contributed by atoms with E-state index in [2.05, 4.69) is 15.6 Å². The van der Waals surface area contributed by atoms with Gasteiger partial charge in [-0.3, -0.25) is 9.20 Å². The van der Waals surface area contributed by atoms with Gasteiger partial charge >= 0.3 is 0 Å². The van der Waals surface area contributed by atoms with Crippen LogP contribution in [0, 0.1) is 0 Å². The summed E-state index contributed by atoms with van der Waals surface area (Å²) >= 11 is 0. The van der Waals surface area contributed by atoms with Crippen LogP contribution in [0.25, 0.3) is 27.7 Å². The molecule has 1 amide bonds. The summed E-state index contributed by atoms with van der Waals surface area (Å²) in [6.07, 6.45) is 1.76. The van der Waals surface area contributed by atoms with Gasteiger partial charge in [-0.15, -0.1) is 0 Å². The Bertz CT molecular complexity index is 1150. The van der Waals surface area contributed by atoms with Crippen LogP contribution in [0.1, 0.15) is 10.4 Å². The monoisotopic (exact) mass is 362 g/mol. The largest absolute Gasteiger partial charge is 0.387 e. The molecule has 0 aliphatic carbocycles. The van der Waals surface area contributed by atoms with Crippen molar-refractivity contribution in [2.45, 2.75) is 0 Å². The van der Waals surface area contributed by atoms with Crippen LogP contribution in [0.5, 0.6) is 0 Å². The normalized spacial score (nSPS) is 11.6. The first-order valence-electron chi connectivity index (χ1n) is 8.90. The molecule has 7 nitrogen and oxygen atoms in total. The average Bonchev–Trinajstić information content (AvgIpc) is 3.05. The number of nitrogens with one attached hydrogen (secondary N) is 2. The molecule has 2 N–H and O–H groups in total. The Labute approximate surface area is 157 Å². The fraction of sp³-hybridized carbons (Fsp3) is 0.250. The van der Waals surface area contributed by atoms with E-state index in [0.717, 1.165) is 34.3 Å². The second-order valence-corrected chi connectivity index (χ2v) is 6.69. The number of imidazole rings is 1. The second kappa shape index (κ2) is 6.85. The standard InChI is InChI=1S/C20H22N6O/c1-21-17-13-7-6-10-22-18(13)26-15-9-5-4-8-14(15)24-19(26)16(17)20(27)23-11-12-25(2)3/h4-10,21H,11-12H2,1-3H3,(H,23,27). The number of aromatic nitrogens is 3. The van der Waals surface area contributed by atoms with E-state index in [1.54, 1.807) is 6.20 Å². The third-order valence-corrected chi connectivity index (χ3v) is 4.62. The van der Waals surface area contributed by atoms with E-state index < -0.39 is 0 Å². The van der Waals surface area contributed by atoms with Gasteiger partial charge in [0.1, 0.15) is 11.2 Å². The van der Waals surface area contributed by atoms with E-state index >= 15 is 0 Å². The van der Waals surface area contributed by atoms with E-state index in [-0.39, 0.29) is 5.91 Å². The zero-order chi connectivity index (χ0) is 19.0. The number of amides is 1. The smallest absolute Gasteiger partial charge is 0.257 e. The zero-order valence-corrected chi connectivity index (χ0v) is 15.7. The van der Waals surface area contributed by atoms with Crippen molar-refractivity contribution >= 4 is 39.3 Å². The van der Waals surface area contributed by atoms with Crippen LogP contribution in [0.15, 0.2) is 42.6 Å². The summed E-state index contributed by atoms with van der Waals surface area (Å²) < 4.78 is 1.96. The summed E-state index contributed by atoms with van der Waals surface area (Å²) in [5, 5.41) is 7.09. The van der Waals surface area contributed by atoms with Gasteiger partial charge in [0.2, 0.25) is 0 Å². The molecule has 0 bridgehead atoms. The molecular formula is C20H22N6O. The van der Waals surface area contributed by atoms with Crippen molar-refractivity contribution in [3.05, 3.63) is 48.2 Å². The number of anilines is 1. The minimum Gasteiger partial charge on any atom is -0.387 e. The molecule has 0 unspecified atom stereocenters. The molecule has 138 valence electrons. The number of carbonyl (C=O) groups is 1. The average molecular weight is 362 g/mol. The lowest BCUT2D eigenvalue weighted by Gasteiger charge is -2.16. The molecule has 0 radical (unpaired) electrons. The molecule has 0 atom stereocenters. The van der Waals surface area contributed by atoms with E-state index in [9.17, 15) is 4.79 Å². The van der Waals surface area contributed by atoms with Crippen LogP contribution in [0.2, 0.25) is 0 Å². The second-order valence-electron chi connectivity index (χ2n) is 6.69. The van der Waals surface area contributed by atoms with Gasteiger partial charge in [0.05, 0.1) is 16.7 Å². The molecule has 0 saturated carbocycles. The van der Waals surface area contributed by atoms with Crippen molar-refractivity contribution in [1.82, 2.24) is 24.6 Å². The molecule has 1 aromatic carbocycles. The van der Waals surface area contributed by atoms with E-state index in [0.29, 0.717) is 17.8 Å². The minimum absolute atomic E-state index is 0.146. The molecule has 4 aromatic rings. The third kappa shape index (κ3) is 2.86. The minimum atomic E-state index is -0.146. The molecular weight excluding hydrogens is 340 g/mol. The first-order valence-corrected chi connectivity index (χ1v) is 8.90. The Morgan fingerprint density at radius 2 is 1.96 bits per heavy atom. The van der Waals surface area contributed by atoms with Gasteiger partial charge in [0.25, 0.3) is 5.91 Å². The Morgan fingerprint density at radius 3 is 2.74 bits per heavy atom. The fourth-order valence-electron chi connectivity index (χ4n) is 3.38. The predicted octanol–water partition coefficient (Wildman–Crippen LogP) is 2.37. The molecule has 4 rings (SSSR count). The lowest BCUT2D eigenvalue weighted by atomic mass is 10.1. The SMILES string of the molecule is CNc1c(C(=O)NCCN(C)C)c2nc3ccccc3n2c2ncccc12. The molecule has 7 heteroatoms. The molecule has 0 saturated heterocycles. The summed E-state index contributed by atoms with van der Waals surface area (Å²) in [5.41, 5.74) is 4.42. The van der Waals surface area contributed by atoms with Crippen molar-refractivity contribution in [3.8, 4) is 0 Å². The number of hydrogen-bond donors (Lipinski definition) is 2. The zero-order valence-electron chi connectivity index (χ0n) is 15.7. The first-order chi connectivity index (χ1) is 13.1. The number of nitrogens with zero attached hydrogens (tertiary/aromatic N) is 4. The number of likely N-dealkylation sites (N-methyl/N-ethyl adjacent to an activating group) is 1. The van der Waals surface area contributed by atoms with Gasteiger partial charge in [0.15, 0.2) is 5.65 Å². The van der Waals surface area contributed by atoms with Crippen LogP contribution in [0.3, 0.4) is 0 Å². The summed E-state index contributed by atoms with van der Waals surface area (Å²) in [5.74, 6) is -0.146. The topological polar surface area (TPSA) is 74.6 Å². The van der Waals surface area contributed by atoms with Crippen molar-refractivity contribution in [2.75, 3.05) is 39.5 Å². The summed E-state index contributed by atoms with van der Waals surface area (Å²) in [7, 11) is 5.77.